The third-order valence-electron chi connectivity index (χ3n) is 4.27. The highest BCUT2D eigenvalue weighted by molar-refractivity contribution is 5.53. The Morgan fingerprint density at radius 1 is 1.17 bits per heavy atom. The van der Waals surface area contributed by atoms with Crippen LogP contribution in [0.15, 0.2) is 24.5 Å². The minimum Gasteiger partial charge on any atom is -0.351 e. The van der Waals surface area contributed by atoms with Crippen LogP contribution >= 0.6 is 0 Å². The number of hydrogen-bond acceptors (Lipinski definition) is 7. The Morgan fingerprint density at radius 3 is 2.46 bits per heavy atom. The fourth-order valence-corrected chi connectivity index (χ4v) is 2.62. The topological polar surface area (TPSA) is 81.8 Å². The first-order chi connectivity index (χ1) is 11.4. The Morgan fingerprint density at radius 2 is 1.88 bits per heavy atom. The molecule has 0 atom stereocenters. The van der Waals surface area contributed by atoms with E-state index in [1.165, 1.54) is 6.20 Å². The van der Waals surface area contributed by atoms with E-state index in [2.05, 4.69) is 51.9 Å². The average Bonchev–Trinajstić information content (AvgIpc) is 2.53. The van der Waals surface area contributed by atoms with Gasteiger partial charge in [0, 0.05) is 37.9 Å². The molecule has 3 heterocycles. The van der Waals surface area contributed by atoms with Gasteiger partial charge in [-0.1, -0.05) is 20.8 Å². The van der Waals surface area contributed by atoms with Gasteiger partial charge in [0.25, 0.3) is 0 Å². The molecule has 1 aliphatic heterocycles. The van der Waals surface area contributed by atoms with E-state index in [1.54, 1.807) is 6.20 Å². The van der Waals surface area contributed by atoms with Crippen LogP contribution in [0, 0.1) is 11.3 Å². The van der Waals surface area contributed by atoms with E-state index < -0.39 is 0 Å². The van der Waals surface area contributed by atoms with E-state index in [4.69, 9.17) is 5.26 Å². The van der Waals surface area contributed by atoms with Gasteiger partial charge in [0.05, 0.1) is 11.7 Å². The fraction of sp³-hybridized carbons (Fsp3) is 0.471. The summed E-state index contributed by atoms with van der Waals surface area (Å²) in [4.78, 5) is 12.5. The molecule has 1 aliphatic rings. The summed E-state index contributed by atoms with van der Waals surface area (Å²) in [6.07, 6.45) is 3.15. The maximum atomic E-state index is 9.15. The van der Waals surface area contributed by atoms with Crippen molar-refractivity contribution in [2.75, 3.05) is 29.9 Å². The summed E-state index contributed by atoms with van der Waals surface area (Å²) in [7, 11) is 1.95. The van der Waals surface area contributed by atoms with Crippen molar-refractivity contribution in [3.8, 4) is 6.07 Å². The maximum Gasteiger partial charge on any atom is 0.183 e. The van der Waals surface area contributed by atoms with Crippen LogP contribution in [0.5, 0.6) is 0 Å². The third-order valence-corrected chi connectivity index (χ3v) is 4.27. The van der Waals surface area contributed by atoms with Gasteiger partial charge in [0.15, 0.2) is 17.3 Å². The van der Waals surface area contributed by atoms with Gasteiger partial charge in [-0.2, -0.15) is 10.4 Å². The lowest BCUT2D eigenvalue weighted by atomic mass is 9.92. The van der Waals surface area contributed by atoms with Crippen LogP contribution < -0.4 is 9.80 Å². The van der Waals surface area contributed by atoms with Crippen molar-refractivity contribution in [3.63, 3.8) is 0 Å². The van der Waals surface area contributed by atoms with Crippen molar-refractivity contribution in [2.45, 2.75) is 32.2 Å². The van der Waals surface area contributed by atoms with Crippen molar-refractivity contribution in [3.05, 3.63) is 35.9 Å². The first-order valence-electron chi connectivity index (χ1n) is 7.93. The molecule has 2 aromatic heterocycles. The summed E-state index contributed by atoms with van der Waals surface area (Å²) >= 11 is 0. The van der Waals surface area contributed by atoms with Crippen LogP contribution in [0.4, 0.5) is 11.6 Å². The lowest BCUT2D eigenvalue weighted by Gasteiger charge is -2.44. The molecule has 0 amide bonds. The quantitative estimate of drug-likeness (QED) is 0.851. The van der Waals surface area contributed by atoms with Crippen LogP contribution in [0.3, 0.4) is 0 Å². The number of nitrogens with zero attached hydrogens (tertiary/aromatic N) is 7. The predicted octanol–water partition coefficient (Wildman–Crippen LogP) is 1.76. The van der Waals surface area contributed by atoms with Gasteiger partial charge in [0.2, 0.25) is 0 Å². The summed E-state index contributed by atoms with van der Waals surface area (Å²) in [5, 5.41) is 17.8. The standard InChI is InChI=1S/C17H21N7/c1-17(2,3)14-5-6-15(22-21-14)24-10-12(11-24)23(4)16-13(9-18)19-7-8-20-16/h5-8,12H,10-11H2,1-4H3. The summed E-state index contributed by atoms with van der Waals surface area (Å²) in [5.74, 6) is 1.51. The molecule has 7 nitrogen and oxygen atoms in total. The minimum absolute atomic E-state index is 0.00288. The number of nitriles is 1. The Kier molecular flexibility index (Phi) is 4.06. The lowest BCUT2D eigenvalue weighted by Crippen LogP contribution is -2.59. The van der Waals surface area contributed by atoms with Crippen molar-refractivity contribution in [2.24, 2.45) is 0 Å². The van der Waals surface area contributed by atoms with Crippen molar-refractivity contribution in [1.29, 1.82) is 5.26 Å². The predicted molar refractivity (Wildman–Crippen MR) is 91.9 cm³/mol. The zero-order valence-electron chi connectivity index (χ0n) is 14.4. The van der Waals surface area contributed by atoms with Crippen LogP contribution in [-0.2, 0) is 5.41 Å². The molecule has 7 heteroatoms. The van der Waals surface area contributed by atoms with Crippen LogP contribution in [0.25, 0.3) is 0 Å². The molecule has 124 valence electrons. The summed E-state index contributed by atoms with van der Waals surface area (Å²) in [5.41, 5.74) is 1.34. The molecular weight excluding hydrogens is 302 g/mol. The molecule has 0 unspecified atom stereocenters. The molecule has 0 aliphatic carbocycles. The molecule has 24 heavy (non-hydrogen) atoms. The Labute approximate surface area is 142 Å². The van der Waals surface area contributed by atoms with Gasteiger partial charge < -0.3 is 9.80 Å². The van der Waals surface area contributed by atoms with Gasteiger partial charge in [-0.05, 0) is 12.1 Å². The van der Waals surface area contributed by atoms with E-state index in [1.807, 2.05) is 24.1 Å². The second-order valence-corrected chi connectivity index (χ2v) is 7.04. The fourth-order valence-electron chi connectivity index (χ4n) is 2.62. The molecule has 0 aromatic carbocycles. The molecule has 2 aromatic rings. The van der Waals surface area contributed by atoms with Crippen LogP contribution in [0.2, 0.25) is 0 Å². The monoisotopic (exact) mass is 323 g/mol. The van der Waals surface area contributed by atoms with Crippen molar-refractivity contribution >= 4 is 11.6 Å². The van der Waals surface area contributed by atoms with Gasteiger partial charge >= 0.3 is 0 Å². The number of aromatic nitrogens is 4. The highest BCUT2D eigenvalue weighted by Gasteiger charge is 2.33. The van der Waals surface area contributed by atoms with Crippen LogP contribution in [0.1, 0.15) is 32.2 Å². The summed E-state index contributed by atoms with van der Waals surface area (Å²) in [6, 6.07) is 6.43. The Balaban J connectivity index is 1.66. The Hall–Kier alpha value is -2.75. The van der Waals surface area contributed by atoms with E-state index >= 15 is 0 Å². The van der Waals surface area contributed by atoms with Gasteiger partial charge in [-0.25, -0.2) is 9.97 Å². The number of anilines is 2. The van der Waals surface area contributed by atoms with E-state index in [9.17, 15) is 0 Å². The molecule has 0 bridgehead atoms. The number of likely N-dealkylation sites (N-methyl/N-ethyl adjacent to an activating group) is 1. The third kappa shape index (κ3) is 3.00. The molecule has 0 radical (unpaired) electrons. The second kappa shape index (κ2) is 6.04. The SMILES string of the molecule is CN(c1nccnc1C#N)C1CN(c2ccc(C(C)(C)C)nn2)C1. The molecule has 0 N–H and O–H groups in total. The number of hydrogen-bond donors (Lipinski definition) is 0. The molecule has 0 saturated carbocycles. The lowest BCUT2D eigenvalue weighted by molar-refractivity contribution is 0.484. The normalized spacial score (nSPS) is 14.9. The maximum absolute atomic E-state index is 9.15. The molecule has 1 fully saturated rings. The van der Waals surface area contributed by atoms with E-state index in [-0.39, 0.29) is 11.5 Å². The van der Waals surface area contributed by atoms with Gasteiger partial charge in [-0.15, -0.1) is 5.10 Å². The van der Waals surface area contributed by atoms with Crippen LogP contribution in [-0.4, -0.2) is 46.3 Å². The van der Waals surface area contributed by atoms with E-state index in [0.29, 0.717) is 11.5 Å². The largest absolute Gasteiger partial charge is 0.351 e. The number of rotatable bonds is 3. The molecule has 3 rings (SSSR count). The zero-order valence-corrected chi connectivity index (χ0v) is 14.4. The first-order valence-corrected chi connectivity index (χ1v) is 7.93. The van der Waals surface area contributed by atoms with Gasteiger partial charge in [-0.3, -0.25) is 0 Å². The van der Waals surface area contributed by atoms with Crippen molar-refractivity contribution < 1.29 is 0 Å². The highest BCUT2D eigenvalue weighted by Crippen LogP contribution is 2.26. The van der Waals surface area contributed by atoms with Gasteiger partial charge in [0.1, 0.15) is 6.07 Å². The highest BCUT2D eigenvalue weighted by atomic mass is 15.4. The molecule has 0 spiro atoms. The second-order valence-electron chi connectivity index (χ2n) is 7.04. The molecule has 1 saturated heterocycles. The molecular formula is C17H21N7. The average molecular weight is 323 g/mol. The first kappa shape index (κ1) is 16.1. The summed E-state index contributed by atoms with van der Waals surface area (Å²) < 4.78 is 0. The van der Waals surface area contributed by atoms with E-state index in [0.717, 1.165) is 24.6 Å². The zero-order chi connectivity index (χ0) is 17.3. The minimum atomic E-state index is 0.00288. The smallest absolute Gasteiger partial charge is 0.183 e. The summed E-state index contributed by atoms with van der Waals surface area (Å²) in [6.45, 7) is 8.01. The van der Waals surface area contributed by atoms with Crippen molar-refractivity contribution in [1.82, 2.24) is 20.2 Å². The Bertz CT molecular complexity index is 752.